The molecule has 2 rings (SSSR count). The molecule has 0 fully saturated rings. The first kappa shape index (κ1) is 16.6. The Balaban J connectivity index is 0.000000347. The van der Waals surface area contributed by atoms with Crippen LogP contribution < -0.4 is 9.47 Å². The molecule has 0 unspecified atom stereocenters. The van der Waals surface area contributed by atoms with Gasteiger partial charge in [-0.15, -0.1) is 0 Å². The number of methoxy groups -OCH3 is 1. The highest BCUT2D eigenvalue weighted by molar-refractivity contribution is 8.31. The number of benzene rings is 2. The minimum Gasteiger partial charge on any atom is -0.497 e. The molecule has 0 aliphatic heterocycles. The van der Waals surface area contributed by atoms with Crippen molar-refractivity contribution in [2.24, 2.45) is 0 Å². The minimum atomic E-state index is -3.72. The lowest BCUT2D eigenvalue weighted by molar-refractivity contribution is 0.413. The number of rotatable bonds is 3. The monoisotopic (exact) mass is 334 g/mol. The second-order valence-electron chi connectivity index (χ2n) is 3.47. The van der Waals surface area contributed by atoms with Gasteiger partial charge in [-0.1, -0.05) is 18.2 Å². The van der Waals surface area contributed by atoms with E-state index in [1.165, 1.54) is 0 Å². The highest BCUT2D eigenvalue weighted by Gasteiger charge is 1.96. The van der Waals surface area contributed by atoms with Crippen LogP contribution in [0.5, 0.6) is 17.2 Å². The van der Waals surface area contributed by atoms with Crippen molar-refractivity contribution in [1.29, 1.82) is 0 Å². The van der Waals surface area contributed by atoms with Crippen LogP contribution in [0.2, 0.25) is 0 Å². The van der Waals surface area contributed by atoms with Gasteiger partial charge in [-0.2, -0.15) is 8.42 Å². The summed E-state index contributed by atoms with van der Waals surface area (Å²) in [5.74, 6) is 2.47. The lowest BCUT2D eigenvalue weighted by Crippen LogP contribution is -1.85. The number of hydrogen-bond acceptors (Lipinski definition) is 4. The number of ether oxygens (including phenoxy) is 2. The molecule has 7 heteroatoms. The molecular formula is C13H12Cl2O4S. The van der Waals surface area contributed by atoms with Crippen LogP contribution in [0.15, 0.2) is 54.6 Å². The lowest BCUT2D eigenvalue weighted by Gasteiger charge is -2.05. The zero-order valence-corrected chi connectivity index (χ0v) is 12.8. The molecule has 0 aromatic heterocycles. The van der Waals surface area contributed by atoms with Crippen molar-refractivity contribution in [1.82, 2.24) is 0 Å². The quantitative estimate of drug-likeness (QED) is 0.789. The molecule has 0 radical (unpaired) electrons. The number of para-hydroxylation sites is 1. The summed E-state index contributed by atoms with van der Waals surface area (Å²) >= 11 is 0. The van der Waals surface area contributed by atoms with Gasteiger partial charge in [0.2, 0.25) is 0 Å². The van der Waals surface area contributed by atoms with Crippen molar-refractivity contribution in [3.63, 3.8) is 0 Å². The SMILES string of the molecule is COc1ccc(Oc2ccccc2)cc1.O=S(=O)(Cl)Cl. The maximum atomic E-state index is 9.16. The average molecular weight is 335 g/mol. The Morgan fingerprint density at radius 3 is 1.65 bits per heavy atom. The highest BCUT2D eigenvalue weighted by atomic mass is 36.0. The molecule has 20 heavy (non-hydrogen) atoms. The van der Waals surface area contributed by atoms with Gasteiger partial charge in [0.05, 0.1) is 7.11 Å². The Morgan fingerprint density at radius 1 is 0.800 bits per heavy atom. The Hall–Kier alpha value is -1.43. The van der Waals surface area contributed by atoms with E-state index in [2.05, 4.69) is 21.4 Å². The predicted octanol–water partition coefficient (Wildman–Crippen LogP) is 4.20. The zero-order chi connectivity index (χ0) is 15.0. The zero-order valence-electron chi connectivity index (χ0n) is 10.5. The summed E-state index contributed by atoms with van der Waals surface area (Å²) in [7, 11) is 6.46. The van der Waals surface area contributed by atoms with Crippen molar-refractivity contribution in [2.75, 3.05) is 7.11 Å². The Labute approximate surface area is 126 Å². The molecule has 0 aliphatic rings. The Kier molecular flexibility index (Phi) is 6.64. The maximum absolute atomic E-state index is 9.16. The lowest BCUT2D eigenvalue weighted by atomic mass is 10.3. The van der Waals surface area contributed by atoms with Crippen molar-refractivity contribution in [2.45, 2.75) is 0 Å². The van der Waals surface area contributed by atoms with Crippen LogP contribution in [0.4, 0.5) is 0 Å². The maximum Gasteiger partial charge on any atom is 0.317 e. The van der Waals surface area contributed by atoms with Gasteiger partial charge in [0.1, 0.15) is 17.2 Å². The largest absolute Gasteiger partial charge is 0.497 e. The third-order valence-corrected chi connectivity index (χ3v) is 2.04. The fraction of sp³-hybridized carbons (Fsp3) is 0.0769. The van der Waals surface area contributed by atoms with Crippen LogP contribution in [0.3, 0.4) is 0 Å². The first-order chi connectivity index (χ1) is 9.38. The van der Waals surface area contributed by atoms with E-state index in [0.29, 0.717) is 0 Å². The molecule has 2 aromatic rings. The molecule has 0 atom stereocenters. The van der Waals surface area contributed by atoms with E-state index in [9.17, 15) is 0 Å². The van der Waals surface area contributed by atoms with Gasteiger partial charge in [-0.05, 0) is 36.4 Å². The van der Waals surface area contributed by atoms with Crippen LogP contribution in [-0.2, 0) is 8.26 Å². The predicted molar refractivity (Wildman–Crippen MR) is 80.1 cm³/mol. The first-order valence-corrected chi connectivity index (χ1v) is 8.53. The van der Waals surface area contributed by atoms with Crippen LogP contribution >= 0.6 is 21.4 Å². The van der Waals surface area contributed by atoms with Crippen LogP contribution in [0.1, 0.15) is 0 Å². The molecule has 108 valence electrons. The standard InChI is InChI=1S/C13H12O2.Cl2O2S/c1-14-11-7-9-13(10-8-11)15-12-5-3-2-4-6-12;1-5(2,3)4/h2-10H,1H3;. The molecule has 0 N–H and O–H groups in total. The third-order valence-electron chi connectivity index (χ3n) is 2.04. The van der Waals surface area contributed by atoms with Gasteiger partial charge in [0, 0.05) is 21.4 Å². The molecule has 2 aromatic carbocycles. The minimum absolute atomic E-state index is 0.807. The molecule has 0 amide bonds. The van der Waals surface area contributed by atoms with E-state index in [1.54, 1.807) is 7.11 Å². The van der Waals surface area contributed by atoms with E-state index in [1.807, 2.05) is 54.6 Å². The van der Waals surface area contributed by atoms with Crippen molar-refractivity contribution < 1.29 is 17.9 Å². The molecule has 0 spiro atoms. The molecular weight excluding hydrogens is 323 g/mol. The van der Waals surface area contributed by atoms with E-state index in [-0.39, 0.29) is 0 Å². The van der Waals surface area contributed by atoms with Crippen LogP contribution in [-0.4, -0.2) is 15.5 Å². The normalized spacial score (nSPS) is 10.2. The Morgan fingerprint density at radius 2 is 1.20 bits per heavy atom. The molecule has 0 saturated heterocycles. The van der Waals surface area contributed by atoms with E-state index >= 15 is 0 Å². The number of halogens is 2. The fourth-order valence-corrected chi connectivity index (χ4v) is 1.27. The third kappa shape index (κ3) is 7.89. The Bertz CT molecular complexity index is 605. The average Bonchev–Trinajstić information content (AvgIpc) is 2.39. The summed E-state index contributed by atoms with van der Waals surface area (Å²) in [6, 6.07) is 17.2. The topological polar surface area (TPSA) is 52.6 Å². The molecule has 0 saturated carbocycles. The van der Waals surface area contributed by atoms with Crippen molar-refractivity contribution >= 4 is 29.6 Å². The second kappa shape index (κ2) is 7.99. The van der Waals surface area contributed by atoms with Crippen LogP contribution in [0, 0.1) is 0 Å². The number of hydrogen-bond donors (Lipinski definition) is 0. The van der Waals surface area contributed by atoms with Gasteiger partial charge < -0.3 is 9.47 Å². The van der Waals surface area contributed by atoms with E-state index < -0.39 is 8.26 Å². The summed E-state index contributed by atoms with van der Waals surface area (Å²) in [4.78, 5) is 0. The van der Waals surface area contributed by atoms with Gasteiger partial charge in [0.15, 0.2) is 0 Å². The molecule has 0 bridgehead atoms. The summed E-state index contributed by atoms with van der Waals surface area (Å²) in [5.41, 5.74) is 0. The van der Waals surface area contributed by atoms with Crippen molar-refractivity contribution in [3.8, 4) is 17.2 Å². The second-order valence-corrected chi connectivity index (χ2v) is 7.14. The molecule has 4 nitrogen and oxygen atoms in total. The fourth-order valence-electron chi connectivity index (χ4n) is 1.27. The van der Waals surface area contributed by atoms with Gasteiger partial charge in [-0.25, -0.2) is 0 Å². The molecule has 0 heterocycles. The van der Waals surface area contributed by atoms with E-state index in [4.69, 9.17) is 17.9 Å². The van der Waals surface area contributed by atoms with Crippen LogP contribution in [0.25, 0.3) is 0 Å². The van der Waals surface area contributed by atoms with Gasteiger partial charge in [-0.3, -0.25) is 0 Å². The summed E-state index contributed by atoms with van der Waals surface area (Å²) < 4.78 is 29.0. The van der Waals surface area contributed by atoms with Gasteiger partial charge >= 0.3 is 8.26 Å². The first-order valence-electron chi connectivity index (χ1n) is 5.39. The smallest absolute Gasteiger partial charge is 0.317 e. The summed E-state index contributed by atoms with van der Waals surface area (Å²) in [6.45, 7) is 0. The highest BCUT2D eigenvalue weighted by Crippen LogP contribution is 2.23. The summed E-state index contributed by atoms with van der Waals surface area (Å²) in [6.07, 6.45) is 0. The van der Waals surface area contributed by atoms with E-state index in [0.717, 1.165) is 17.2 Å². The summed E-state index contributed by atoms with van der Waals surface area (Å²) in [5, 5.41) is 0. The molecule has 0 aliphatic carbocycles. The van der Waals surface area contributed by atoms with Crippen molar-refractivity contribution in [3.05, 3.63) is 54.6 Å². The van der Waals surface area contributed by atoms with Gasteiger partial charge in [0.25, 0.3) is 0 Å².